The van der Waals surface area contributed by atoms with Crippen molar-refractivity contribution in [3.8, 4) is 11.5 Å². The summed E-state index contributed by atoms with van der Waals surface area (Å²) in [4.78, 5) is 32.5. The van der Waals surface area contributed by atoms with E-state index in [9.17, 15) is 9.59 Å². The molecule has 0 bridgehead atoms. The first-order valence-electron chi connectivity index (χ1n) is 11.2. The van der Waals surface area contributed by atoms with E-state index >= 15 is 0 Å². The lowest BCUT2D eigenvalue weighted by Gasteiger charge is -2.30. The Morgan fingerprint density at radius 2 is 1.79 bits per heavy atom. The molecule has 0 aliphatic heterocycles. The van der Waals surface area contributed by atoms with E-state index in [2.05, 4.69) is 20.9 Å². The maximum atomic E-state index is 11.9. The van der Waals surface area contributed by atoms with Gasteiger partial charge in [-0.25, -0.2) is 4.98 Å². The second-order valence-corrected chi connectivity index (χ2v) is 9.59. The summed E-state index contributed by atoms with van der Waals surface area (Å²) in [6.45, 7) is 3.84. The number of anilines is 1. The van der Waals surface area contributed by atoms with E-state index < -0.39 is 0 Å². The number of ether oxygens (including phenoxy) is 1. The maximum absolute atomic E-state index is 11.9. The van der Waals surface area contributed by atoms with Crippen LogP contribution in [0.3, 0.4) is 0 Å². The molecule has 33 heavy (non-hydrogen) atoms. The average Bonchev–Trinajstić information content (AvgIpc) is 3.21. The minimum Gasteiger partial charge on any atom is -0.457 e. The van der Waals surface area contributed by atoms with Crippen molar-refractivity contribution in [3.05, 3.63) is 42.2 Å². The quantitative estimate of drug-likeness (QED) is 0.477. The van der Waals surface area contributed by atoms with Crippen molar-refractivity contribution >= 4 is 38.5 Å². The molecule has 2 heterocycles. The third-order valence-corrected chi connectivity index (χ3v) is 6.66. The molecule has 0 radical (unpaired) electrons. The second-order valence-electron chi connectivity index (χ2n) is 8.56. The Morgan fingerprint density at radius 3 is 2.52 bits per heavy atom. The third-order valence-electron chi connectivity index (χ3n) is 5.71. The van der Waals surface area contributed by atoms with Gasteiger partial charge in [0.2, 0.25) is 5.91 Å². The predicted octanol–water partition coefficient (Wildman–Crippen LogP) is 4.34. The SMILES string of the molecule is CNC(=O)c1cc(Oc2ccc3nc(NC4CCC(NC(=O)C(C)C)CC4)sc3c2)ccn1. The van der Waals surface area contributed by atoms with Crippen LogP contribution in [0.15, 0.2) is 36.5 Å². The Balaban J connectivity index is 1.37. The number of pyridine rings is 1. The van der Waals surface area contributed by atoms with Crippen molar-refractivity contribution in [3.63, 3.8) is 0 Å². The molecule has 0 spiro atoms. The molecule has 2 aromatic heterocycles. The van der Waals surface area contributed by atoms with Gasteiger partial charge in [0.1, 0.15) is 17.2 Å². The minimum atomic E-state index is -0.259. The highest BCUT2D eigenvalue weighted by Gasteiger charge is 2.23. The Morgan fingerprint density at radius 1 is 1.06 bits per heavy atom. The molecule has 9 heteroatoms. The smallest absolute Gasteiger partial charge is 0.269 e. The molecular weight excluding hydrogens is 438 g/mol. The number of carbonyl (C=O) groups excluding carboxylic acids is 2. The third kappa shape index (κ3) is 5.78. The van der Waals surface area contributed by atoms with Crippen LogP contribution in [-0.4, -0.2) is 40.9 Å². The topological polar surface area (TPSA) is 105 Å². The molecule has 1 fully saturated rings. The van der Waals surface area contributed by atoms with Gasteiger partial charge in [-0.3, -0.25) is 14.6 Å². The van der Waals surface area contributed by atoms with Gasteiger partial charge in [-0.1, -0.05) is 25.2 Å². The fourth-order valence-corrected chi connectivity index (χ4v) is 4.79. The van der Waals surface area contributed by atoms with E-state index in [1.165, 1.54) is 0 Å². The molecule has 0 atom stereocenters. The van der Waals surface area contributed by atoms with Crippen LogP contribution in [0.2, 0.25) is 0 Å². The van der Waals surface area contributed by atoms with Crippen LogP contribution in [0, 0.1) is 5.92 Å². The van der Waals surface area contributed by atoms with Crippen LogP contribution in [0.4, 0.5) is 5.13 Å². The summed E-state index contributed by atoms with van der Waals surface area (Å²) in [5.41, 5.74) is 1.22. The van der Waals surface area contributed by atoms with Crippen molar-refractivity contribution in [2.75, 3.05) is 12.4 Å². The normalized spacial score (nSPS) is 18.2. The van der Waals surface area contributed by atoms with Gasteiger partial charge >= 0.3 is 0 Å². The molecule has 4 rings (SSSR count). The van der Waals surface area contributed by atoms with Crippen LogP contribution < -0.4 is 20.7 Å². The van der Waals surface area contributed by atoms with E-state index in [4.69, 9.17) is 9.72 Å². The number of carbonyl (C=O) groups is 2. The summed E-state index contributed by atoms with van der Waals surface area (Å²) >= 11 is 1.59. The number of rotatable bonds is 7. The van der Waals surface area contributed by atoms with Gasteiger partial charge in [-0.05, 0) is 43.9 Å². The molecule has 3 aromatic rings. The van der Waals surface area contributed by atoms with Gasteiger partial charge in [-0.2, -0.15) is 0 Å². The Bertz CT molecular complexity index is 1140. The van der Waals surface area contributed by atoms with Crippen molar-refractivity contribution in [1.29, 1.82) is 0 Å². The minimum absolute atomic E-state index is 0.0221. The first-order chi connectivity index (χ1) is 15.9. The van der Waals surface area contributed by atoms with E-state index in [0.717, 1.165) is 41.0 Å². The fourth-order valence-electron chi connectivity index (χ4n) is 3.82. The summed E-state index contributed by atoms with van der Waals surface area (Å²) in [6.07, 6.45) is 5.51. The molecule has 2 amide bonds. The number of hydrogen-bond acceptors (Lipinski definition) is 7. The lowest BCUT2D eigenvalue weighted by molar-refractivity contribution is -0.124. The van der Waals surface area contributed by atoms with Crippen LogP contribution in [0.1, 0.15) is 50.0 Å². The van der Waals surface area contributed by atoms with E-state index in [1.807, 2.05) is 32.0 Å². The number of hydrogen-bond donors (Lipinski definition) is 3. The molecular formula is C24H29N5O3S. The van der Waals surface area contributed by atoms with Crippen LogP contribution in [0.5, 0.6) is 11.5 Å². The highest BCUT2D eigenvalue weighted by atomic mass is 32.1. The lowest BCUT2D eigenvalue weighted by atomic mass is 9.91. The second kappa shape index (κ2) is 10.2. The van der Waals surface area contributed by atoms with E-state index in [1.54, 1.807) is 36.7 Å². The number of aromatic nitrogens is 2. The number of benzene rings is 1. The largest absolute Gasteiger partial charge is 0.457 e. The maximum Gasteiger partial charge on any atom is 0.269 e. The molecule has 174 valence electrons. The van der Waals surface area contributed by atoms with Crippen molar-refractivity contribution in [2.45, 2.75) is 51.6 Å². The highest BCUT2D eigenvalue weighted by molar-refractivity contribution is 7.22. The molecule has 1 aromatic carbocycles. The summed E-state index contributed by atoms with van der Waals surface area (Å²) in [6, 6.07) is 9.72. The number of thiazole rings is 1. The van der Waals surface area contributed by atoms with Gasteiger partial charge < -0.3 is 20.7 Å². The monoisotopic (exact) mass is 467 g/mol. The lowest BCUT2D eigenvalue weighted by Crippen LogP contribution is -2.41. The number of amides is 2. The molecule has 1 aliphatic carbocycles. The van der Waals surface area contributed by atoms with Crippen LogP contribution in [0.25, 0.3) is 10.2 Å². The highest BCUT2D eigenvalue weighted by Crippen LogP contribution is 2.33. The molecule has 8 nitrogen and oxygen atoms in total. The Hall–Kier alpha value is -3.20. The molecule has 3 N–H and O–H groups in total. The van der Waals surface area contributed by atoms with Crippen molar-refractivity contribution in [2.24, 2.45) is 5.92 Å². The zero-order chi connectivity index (χ0) is 23.4. The standard InChI is InChI=1S/C24H29N5O3S/c1-14(2)22(30)27-15-4-6-16(7-5-15)28-24-29-19-9-8-17(13-21(19)33-24)32-18-10-11-26-20(12-18)23(31)25-3/h8-16H,4-7H2,1-3H3,(H,25,31)(H,27,30)(H,28,29). The summed E-state index contributed by atoms with van der Waals surface area (Å²) < 4.78 is 6.97. The number of nitrogens with one attached hydrogen (secondary N) is 3. The van der Waals surface area contributed by atoms with Crippen molar-refractivity contribution < 1.29 is 14.3 Å². The zero-order valence-electron chi connectivity index (χ0n) is 19.1. The molecule has 1 saturated carbocycles. The first kappa shape index (κ1) is 23.0. The summed E-state index contributed by atoms with van der Waals surface area (Å²) in [5, 5.41) is 10.2. The van der Waals surface area contributed by atoms with Gasteiger partial charge in [0.15, 0.2) is 5.13 Å². The molecule has 0 saturated heterocycles. The number of nitrogens with zero attached hydrogens (tertiary/aromatic N) is 2. The van der Waals surface area contributed by atoms with E-state index in [0.29, 0.717) is 23.2 Å². The van der Waals surface area contributed by atoms with Gasteiger partial charge in [0.05, 0.1) is 10.2 Å². The molecule has 1 aliphatic rings. The van der Waals surface area contributed by atoms with Gasteiger partial charge in [0.25, 0.3) is 5.91 Å². The fraction of sp³-hybridized carbons (Fsp3) is 0.417. The van der Waals surface area contributed by atoms with Gasteiger partial charge in [-0.15, -0.1) is 0 Å². The Kier molecular flexibility index (Phi) is 7.08. The van der Waals surface area contributed by atoms with Crippen molar-refractivity contribution in [1.82, 2.24) is 20.6 Å². The Labute approximate surface area is 197 Å². The molecule has 0 unspecified atom stereocenters. The first-order valence-corrected chi connectivity index (χ1v) is 12.1. The average molecular weight is 468 g/mol. The summed E-state index contributed by atoms with van der Waals surface area (Å²) in [5.74, 6) is 1.12. The predicted molar refractivity (Wildman–Crippen MR) is 130 cm³/mol. The van der Waals surface area contributed by atoms with E-state index in [-0.39, 0.29) is 23.8 Å². The van der Waals surface area contributed by atoms with Gasteiger partial charge in [0, 0.05) is 43.4 Å². The van der Waals surface area contributed by atoms with Crippen LogP contribution in [-0.2, 0) is 4.79 Å². The number of fused-ring (bicyclic) bond motifs is 1. The zero-order valence-corrected chi connectivity index (χ0v) is 19.9. The van der Waals surface area contributed by atoms with Crippen LogP contribution >= 0.6 is 11.3 Å². The summed E-state index contributed by atoms with van der Waals surface area (Å²) in [7, 11) is 1.57.